The molecule has 3 aliphatic rings. The molecule has 0 radical (unpaired) electrons. The van der Waals surface area contributed by atoms with Gasteiger partial charge in [-0.2, -0.15) is 0 Å². The van der Waals surface area contributed by atoms with Gasteiger partial charge < -0.3 is 19.3 Å². The van der Waals surface area contributed by atoms with Gasteiger partial charge in [-0.1, -0.05) is 42.5 Å². The van der Waals surface area contributed by atoms with E-state index in [9.17, 15) is 14.4 Å². The van der Waals surface area contributed by atoms with E-state index in [1.165, 1.54) is 4.90 Å². The van der Waals surface area contributed by atoms with Crippen LogP contribution in [0.4, 0.5) is 10.5 Å². The SMILES string of the molecule is COc1ccc(CC(=O)N2C[C@H]3CC2[C@H]2C(=O)N(c4cccc5ccccc45)C(=O)N32)cc1OC. The van der Waals surface area contributed by atoms with Gasteiger partial charge in [0.15, 0.2) is 11.5 Å². The number of benzene rings is 3. The van der Waals surface area contributed by atoms with Gasteiger partial charge in [-0.3, -0.25) is 9.59 Å². The fraction of sp³-hybridized carbons (Fsp3) is 0.296. The minimum Gasteiger partial charge on any atom is -0.493 e. The number of imide groups is 1. The number of methoxy groups -OCH3 is 2. The Morgan fingerprint density at radius 2 is 1.74 bits per heavy atom. The van der Waals surface area contributed by atoms with Crippen molar-refractivity contribution in [1.82, 2.24) is 9.80 Å². The second-order valence-electron chi connectivity index (χ2n) is 9.18. The van der Waals surface area contributed by atoms with Crippen LogP contribution in [0.1, 0.15) is 12.0 Å². The monoisotopic (exact) mass is 471 g/mol. The maximum Gasteiger partial charge on any atom is 0.332 e. The number of fused-ring (bicyclic) bond motifs is 6. The summed E-state index contributed by atoms with van der Waals surface area (Å²) >= 11 is 0. The lowest BCUT2D eigenvalue weighted by Crippen LogP contribution is -2.55. The van der Waals surface area contributed by atoms with Gasteiger partial charge in [0, 0.05) is 11.9 Å². The van der Waals surface area contributed by atoms with E-state index in [0.717, 1.165) is 16.3 Å². The molecule has 8 nitrogen and oxygen atoms in total. The third-order valence-corrected chi connectivity index (χ3v) is 7.40. The molecule has 178 valence electrons. The van der Waals surface area contributed by atoms with Crippen molar-refractivity contribution in [3.05, 3.63) is 66.2 Å². The summed E-state index contributed by atoms with van der Waals surface area (Å²) in [5, 5.41) is 1.82. The number of rotatable bonds is 5. The number of carbonyl (C=O) groups is 3. The van der Waals surface area contributed by atoms with Gasteiger partial charge in [0.2, 0.25) is 5.91 Å². The van der Waals surface area contributed by atoms with E-state index in [0.29, 0.717) is 30.2 Å². The number of ether oxygens (including phenoxy) is 2. The Morgan fingerprint density at radius 3 is 2.54 bits per heavy atom. The average molecular weight is 472 g/mol. The Bertz CT molecular complexity index is 1370. The first-order valence-electron chi connectivity index (χ1n) is 11.7. The lowest BCUT2D eigenvalue weighted by Gasteiger charge is -2.35. The number of urea groups is 1. The zero-order valence-electron chi connectivity index (χ0n) is 19.5. The molecular weight excluding hydrogens is 446 g/mol. The van der Waals surface area contributed by atoms with Crippen LogP contribution < -0.4 is 14.4 Å². The fourth-order valence-electron chi connectivity index (χ4n) is 5.84. The molecule has 3 fully saturated rings. The molecule has 0 aliphatic carbocycles. The highest BCUT2D eigenvalue weighted by molar-refractivity contribution is 6.25. The minimum atomic E-state index is -0.644. The van der Waals surface area contributed by atoms with Crippen LogP contribution in [-0.2, 0) is 16.0 Å². The summed E-state index contributed by atoms with van der Waals surface area (Å²) < 4.78 is 10.6. The molecule has 0 spiro atoms. The molecule has 6 rings (SSSR count). The fourth-order valence-corrected chi connectivity index (χ4v) is 5.84. The summed E-state index contributed by atoms with van der Waals surface area (Å²) in [6.07, 6.45) is 0.814. The summed E-state index contributed by atoms with van der Waals surface area (Å²) in [5.74, 6) is 0.841. The van der Waals surface area contributed by atoms with E-state index in [4.69, 9.17) is 9.47 Å². The van der Waals surface area contributed by atoms with Gasteiger partial charge in [0.25, 0.3) is 5.91 Å². The van der Waals surface area contributed by atoms with Crippen molar-refractivity contribution in [2.75, 3.05) is 25.7 Å². The minimum absolute atomic E-state index is 0.0618. The zero-order valence-corrected chi connectivity index (χ0v) is 19.5. The second kappa shape index (κ2) is 8.01. The number of carbonyl (C=O) groups excluding carboxylic acids is 3. The maximum absolute atomic E-state index is 13.6. The Balaban J connectivity index is 1.26. The Labute approximate surface area is 202 Å². The standard InChI is InChI=1S/C27H25N3O5/c1-34-22-11-10-16(12-23(22)35-2)13-24(31)28-15-18-14-21(28)25-26(32)30(27(33)29(18)25)20-9-5-7-17-6-3-4-8-19(17)20/h3-12,18,21,25H,13-15H2,1-2H3/t18-,21?,25+/m1/s1. The summed E-state index contributed by atoms with van der Waals surface area (Å²) in [7, 11) is 3.12. The van der Waals surface area contributed by atoms with Gasteiger partial charge in [-0.05, 0) is 35.6 Å². The van der Waals surface area contributed by atoms with Crippen molar-refractivity contribution in [2.24, 2.45) is 0 Å². The topological polar surface area (TPSA) is 79.4 Å². The summed E-state index contributed by atoms with van der Waals surface area (Å²) in [4.78, 5) is 45.1. The van der Waals surface area contributed by atoms with E-state index < -0.39 is 6.04 Å². The van der Waals surface area contributed by atoms with Crippen molar-refractivity contribution in [1.29, 1.82) is 0 Å². The van der Waals surface area contributed by atoms with Gasteiger partial charge in [-0.15, -0.1) is 0 Å². The van der Waals surface area contributed by atoms with Crippen molar-refractivity contribution in [3.63, 3.8) is 0 Å². The van der Waals surface area contributed by atoms with Crippen molar-refractivity contribution in [3.8, 4) is 11.5 Å². The van der Waals surface area contributed by atoms with E-state index >= 15 is 0 Å². The molecule has 0 aromatic heterocycles. The molecule has 3 aromatic rings. The smallest absolute Gasteiger partial charge is 0.332 e. The number of piperazine rings is 1. The zero-order chi connectivity index (χ0) is 24.3. The van der Waals surface area contributed by atoms with Gasteiger partial charge in [-0.25, -0.2) is 9.69 Å². The van der Waals surface area contributed by atoms with Crippen molar-refractivity contribution in [2.45, 2.75) is 31.0 Å². The first-order chi connectivity index (χ1) is 17.0. The molecule has 0 N–H and O–H groups in total. The van der Waals surface area contributed by atoms with Gasteiger partial charge in [0.1, 0.15) is 6.04 Å². The van der Waals surface area contributed by atoms with Crippen LogP contribution >= 0.6 is 0 Å². The van der Waals surface area contributed by atoms with Gasteiger partial charge >= 0.3 is 6.03 Å². The largest absolute Gasteiger partial charge is 0.493 e. The molecule has 1 unspecified atom stereocenters. The van der Waals surface area contributed by atoms with Crippen LogP contribution in [0, 0.1) is 0 Å². The molecule has 3 atom stereocenters. The number of nitrogens with zero attached hydrogens (tertiary/aromatic N) is 3. The third kappa shape index (κ3) is 3.16. The lowest BCUT2D eigenvalue weighted by molar-refractivity contribution is -0.135. The molecule has 3 aromatic carbocycles. The van der Waals surface area contributed by atoms with Crippen molar-refractivity contribution < 1.29 is 23.9 Å². The lowest BCUT2D eigenvalue weighted by atomic mass is 10.1. The van der Waals surface area contributed by atoms with Crippen LogP contribution in [0.3, 0.4) is 0 Å². The highest BCUT2D eigenvalue weighted by Gasteiger charge is 2.62. The maximum atomic E-state index is 13.6. The number of hydrogen-bond acceptors (Lipinski definition) is 5. The predicted molar refractivity (Wildman–Crippen MR) is 130 cm³/mol. The quantitative estimate of drug-likeness (QED) is 0.534. The third-order valence-electron chi connectivity index (χ3n) is 7.40. The van der Waals surface area contributed by atoms with Crippen LogP contribution in [-0.4, -0.2) is 66.5 Å². The van der Waals surface area contributed by atoms with Crippen LogP contribution in [0.25, 0.3) is 10.8 Å². The number of anilines is 1. The first-order valence-corrected chi connectivity index (χ1v) is 11.7. The summed E-state index contributed by atoms with van der Waals surface area (Å²) in [6, 6.07) is 17.3. The number of likely N-dealkylation sites (tertiary alicyclic amines) is 1. The Kier molecular flexibility index (Phi) is 4.91. The summed E-state index contributed by atoms with van der Waals surface area (Å²) in [5.41, 5.74) is 1.40. The molecule has 8 heteroatoms. The molecule has 0 saturated carbocycles. The van der Waals surface area contributed by atoms with Crippen molar-refractivity contribution >= 4 is 34.3 Å². The second-order valence-corrected chi connectivity index (χ2v) is 9.18. The molecule has 3 aliphatic heterocycles. The van der Waals surface area contributed by atoms with E-state index in [-0.39, 0.29) is 36.3 Å². The molecule has 3 saturated heterocycles. The normalized spacial score (nSPS) is 22.8. The van der Waals surface area contributed by atoms with Crippen LogP contribution in [0.2, 0.25) is 0 Å². The van der Waals surface area contributed by atoms with E-state index in [1.54, 1.807) is 36.2 Å². The molecule has 35 heavy (non-hydrogen) atoms. The highest BCUT2D eigenvalue weighted by Crippen LogP contribution is 2.43. The number of amides is 4. The predicted octanol–water partition coefficient (Wildman–Crippen LogP) is 3.22. The Morgan fingerprint density at radius 1 is 0.971 bits per heavy atom. The molecule has 3 heterocycles. The first kappa shape index (κ1) is 21.5. The van der Waals surface area contributed by atoms with E-state index in [2.05, 4.69) is 0 Å². The molecule has 2 bridgehead atoms. The average Bonchev–Trinajstić information content (AvgIpc) is 3.55. The summed E-state index contributed by atoms with van der Waals surface area (Å²) in [6.45, 7) is 0.440. The Hall–Kier alpha value is -4.07. The highest BCUT2D eigenvalue weighted by atomic mass is 16.5. The molecule has 4 amide bonds. The number of hydrogen-bond donors (Lipinski definition) is 0. The molecular formula is C27H25N3O5. The van der Waals surface area contributed by atoms with Crippen LogP contribution in [0.15, 0.2) is 60.7 Å². The van der Waals surface area contributed by atoms with E-state index in [1.807, 2.05) is 48.5 Å². The van der Waals surface area contributed by atoms with Crippen LogP contribution in [0.5, 0.6) is 11.5 Å². The van der Waals surface area contributed by atoms with Gasteiger partial charge in [0.05, 0.1) is 38.4 Å².